The second-order valence-corrected chi connectivity index (χ2v) is 6.53. The number of hydrogen-bond donors (Lipinski definition) is 2. The predicted molar refractivity (Wildman–Crippen MR) is 67.2 cm³/mol. The van der Waals surface area contributed by atoms with Crippen LogP contribution in [0.25, 0.3) is 0 Å². The molecule has 2 N–H and O–H groups in total. The lowest BCUT2D eigenvalue weighted by Crippen LogP contribution is -2.38. The smallest absolute Gasteiger partial charge is 0.307 e. The van der Waals surface area contributed by atoms with Gasteiger partial charge < -0.3 is 5.11 Å². The highest BCUT2D eigenvalue weighted by molar-refractivity contribution is 7.90. The summed E-state index contributed by atoms with van der Waals surface area (Å²) in [5, 5.41) is 16.5. The molecule has 0 heterocycles. The third kappa shape index (κ3) is 5.47. The SMILES string of the molecule is CCC(C#N)S(=O)(=O)NCC(CC(C)C)C(=O)O. The van der Waals surface area contributed by atoms with Gasteiger partial charge in [-0.2, -0.15) is 5.26 Å². The average Bonchev–Trinajstić information content (AvgIpc) is 2.24. The summed E-state index contributed by atoms with van der Waals surface area (Å²) in [7, 11) is -3.76. The van der Waals surface area contributed by atoms with Gasteiger partial charge >= 0.3 is 5.97 Å². The van der Waals surface area contributed by atoms with Gasteiger partial charge in [0.25, 0.3) is 0 Å². The number of nitrogens with one attached hydrogen (secondary N) is 1. The molecular weight excluding hydrogens is 256 g/mol. The molecule has 0 bridgehead atoms. The molecule has 0 rings (SSSR count). The van der Waals surface area contributed by atoms with Crippen LogP contribution in [0, 0.1) is 23.2 Å². The summed E-state index contributed by atoms with van der Waals surface area (Å²) >= 11 is 0. The Morgan fingerprint density at radius 3 is 2.33 bits per heavy atom. The van der Waals surface area contributed by atoms with E-state index in [1.807, 2.05) is 13.8 Å². The molecule has 0 spiro atoms. The fourth-order valence-corrected chi connectivity index (χ4v) is 2.75. The molecule has 7 heteroatoms. The highest BCUT2D eigenvalue weighted by Gasteiger charge is 2.26. The van der Waals surface area contributed by atoms with Crippen LogP contribution in [0.3, 0.4) is 0 Å². The topological polar surface area (TPSA) is 107 Å². The van der Waals surface area contributed by atoms with Crippen LogP contribution in [-0.2, 0) is 14.8 Å². The van der Waals surface area contributed by atoms with Crippen LogP contribution in [0.15, 0.2) is 0 Å². The molecule has 2 unspecified atom stereocenters. The fourth-order valence-electron chi connectivity index (χ4n) is 1.54. The lowest BCUT2D eigenvalue weighted by molar-refractivity contribution is -0.142. The number of carboxylic acid groups (broad SMARTS) is 1. The first-order valence-electron chi connectivity index (χ1n) is 5.85. The molecule has 0 radical (unpaired) electrons. The van der Waals surface area contributed by atoms with Crippen LogP contribution in [0.1, 0.15) is 33.6 Å². The minimum Gasteiger partial charge on any atom is -0.481 e. The van der Waals surface area contributed by atoms with Gasteiger partial charge in [0, 0.05) is 6.54 Å². The Labute approximate surface area is 108 Å². The Hall–Kier alpha value is -1.13. The molecule has 0 aromatic carbocycles. The summed E-state index contributed by atoms with van der Waals surface area (Å²) in [5.41, 5.74) is 0. The highest BCUT2D eigenvalue weighted by atomic mass is 32.2. The van der Waals surface area contributed by atoms with E-state index in [-0.39, 0.29) is 18.9 Å². The van der Waals surface area contributed by atoms with E-state index >= 15 is 0 Å². The molecule has 0 amide bonds. The normalized spacial score (nSPS) is 15.1. The summed E-state index contributed by atoms with van der Waals surface area (Å²) < 4.78 is 25.6. The molecule has 2 atom stereocenters. The summed E-state index contributed by atoms with van der Waals surface area (Å²) in [4.78, 5) is 11.0. The number of carbonyl (C=O) groups is 1. The lowest BCUT2D eigenvalue weighted by atomic mass is 9.98. The second kappa shape index (κ2) is 7.34. The van der Waals surface area contributed by atoms with Crippen molar-refractivity contribution in [1.29, 1.82) is 5.26 Å². The van der Waals surface area contributed by atoms with Crippen molar-refractivity contribution in [3.8, 4) is 6.07 Å². The molecule has 0 aliphatic rings. The third-order valence-corrected chi connectivity index (χ3v) is 4.28. The molecule has 104 valence electrons. The lowest BCUT2D eigenvalue weighted by Gasteiger charge is -2.16. The Kier molecular flexibility index (Phi) is 6.88. The third-order valence-electron chi connectivity index (χ3n) is 2.53. The van der Waals surface area contributed by atoms with E-state index in [9.17, 15) is 13.2 Å². The van der Waals surface area contributed by atoms with Crippen LogP contribution in [0.5, 0.6) is 0 Å². The van der Waals surface area contributed by atoms with E-state index in [1.54, 1.807) is 13.0 Å². The van der Waals surface area contributed by atoms with E-state index in [1.165, 1.54) is 0 Å². The molecule has 0 saturated carbocycles. The van der Waals surface area contributed by atoms with Crippen molar-refractivity contribution in [3.05, 3.63) is 0 Å². The number of rotatable bonds is 8. The summed E-state index contributed by atoms with van der Waals surface area (Å²) in [6.07, 6.45) is 0.564. The van der Waals surface area contributed by atoms with Crippen molar-refractivity contribution < 1.29 is 18.3 Å². The molecule has 0 aliphatic heterocycles. The predicted octanol–water partition coefficient (Wildman–Crippen LogP) is 0.955. The minimum absolute atomic E-state index is 0.161. The maximum atomic E-state index is 11.7. The maximum Gasteiger partial charge on any atom is 0.307 e. The van der Waals surface area contributed by atoms with Gasteiger partial charge in [0.1, 0.15) is 0 Å². The van der Waals surface area contributed by atoms with Gasteiger partial charge in [-0.1, -0.05) is 20.8 Å². The molecule has 0 aliphatic carbocycles. The minimum atomic E-state index is -3.76. The van der Waals surface area contributed by atoms with Crippen LogP contribution in [0.4, 0.5) is 0 Å². The van der Waals surface area contributed by atoms with Gasteiger partial charge in [-0.15, -0.1) is 0 Å². The monoisotopic (exact) mass is 276 g/mol. The summed E-state index contributed by atoms with van der Waals surface area (Å²) in [6, 6.07) is 1.69. The van der Waals surface area contributed by atoms with Crippen molar-refractivity contribution in [2.45, 2.75) is 38.9 Å². The first kappa shape index (κ1) is 16.9. The quantitative estimate of drug-likeness (QED) is 0.686. The Morgan fingerprint density at radius 1 is 1.44 bits per heavy atom. The molecule has 0 saturated heterocycles. The van der Waals surface area contributed by atoms with Crippen molar-refractivity contribution in [3.63, 3.8) is 0 Å². The molecule has 0 aromatic heterocycles. The van der Waals surface area contributed by atoms with Crippen LogP contribution >= 0.6 is 0 Å². The zero-order valence-corrected chi connectivity index (χ0v) is 11.7. The van der Waals surface area contributed by atoms with Gasteiger partial charge in [-0.25, -0.2) is 13.1 Å². The first-order chi connectivity index (χ1) is 8.24. The summed E-state index contributed by atoms with van der Waals surface area (Å²) in [5.74, 6) is -1.64. The van der Waals surface area contributed by atoms with E-state index < -0.39 is 27.2 Å². The zero-order chi connectivity index (χ0) is 14.3. The standard InChI is InChI=1S/C11H20N2O4S/c1-4-10(6-12)18(16,17)13-7-9(11(14)15)5-8(2)3/h8-10,13H,4-5,7H2,1-3H3,(H,14,15). The van der Waals surface area contributed by atoms with Gasteiger partial charge in [-0.3, -0.25) is 4.79 Å². The van der Waals surface area contributed by atoms with Gasteiger partial charge in [0.2, 0.25) is 10.0 Å². The second-order valence-electron chi connectivity index (χ2n) is 4.58. The largest absolute Gasteiger partial charge is 0.481 e. The average molecular weight is 276 g/mol. The Morgan fingerprint density at radius 2 is 2.00 bits per heavy atom. The fraction of sp³-hybridized carbons (Fsp3) is 0.818. The van der Waals surface area contributed by atoms with Crippen molar-refractivity contribution in [2.75, 3.05) is 6.54 Å². The van der Waals surface area contributed by atoms with E-state index in [0.717, 1.165) is 0 Å². The van der Waals surface area contributed by atoms with Crippen LogP contribution in [-0.4, -0.2) is 31.3 Å². The molecule has 0 aromatic rings. The van der Waals surface area contributed by atoms with Crippen LogP contribution < -0.4 is 4.72 Å². The Bertz CT molecular complexity index is 411. The molecule has 6 nitrogen and oxygen atoms in total. The van der Waals surface area contributed by atoms with Gasteiger partial charge in [0.15, 0.2) is 5.25 Å². The van der Waals surface area contributed by atoms with Crippen molar-refractivity contribution in [1.82, 2.24) is 4.72 Å². The highest BCUT2D eigenvalue weighted by Crippen LogP contribution is 2.12. The van der Waals surface area contributed by atoms with Crippen molar-refractivity contribution in [2.24, 2.45) is 11.8 Å². The molecular formula is C11H20N2O4S. The van der Waals surface area contributed by atoms with E-state index in [0.29, 0.717) is 6.42 Å². The number of nitriles is 1. The zero-order valence-electron chi connectivity index (χ0n) is 10.9. The molecule has 0 fully saturated rings. The van der Waals surface area contributed by atoms with E-state index in [2.05, 4.69) is 4.72 Å². The number of nitrogens with zero attached hydrogens (tertiary/aromatic N) is 1. The van der Waals surface area contributed by atoms with Gasteiger partial charge in [0.05, 0.1) is 12.0 Å². The number of sulfonamides is 1. The number of carboxylic acids is 1. The number of aliphatic carboxylic acids is 1. The van der Waals surface area contributed by atoms with Crippen LogP contribution in [0.2, 0.25) is 0 Å². The number of hydrogen-bond acceptors (Lipinski definition) is 4. The van der Waals surface area contributed by atoms with Gasteiger partial charge in [-0.05, 0) is 18.8 Å². The maximum absolute atomic E-state index is 11.7. The van der Waals surface area contributed by atoms with Crippen molar-refractivity contribution >= 4 is 16.0 Å². The molecule has 18 heavy (non-hydrogen) atoms. The van der Waals surface area contributed by atoms with E-state index in [4.69, 9.17) is 10.4 Å². The summed E-state index contributed by atoms with van der Waals surface area (Å²) in [6.45, 7) is 5.16. The Balaban J connectivity index is 4.62. The first-order valence-corrected chi connectivity index (χ1v) is 7.40.